The van der Waals surface area contributed by atoms with E-state index in [1.54, 1.807) is 24.3 Å². The van der Waals surface area contributed by atoms with E-state index in [0.717, 1.165) is 35.5 Å². The number of nitrogens with one attached hydrogen (secondary N) is 1. The number of aromatic nitrogens is 1. The number of benzene rings is 2. The van der Waals surface area contributed by atoms with Gasteiger partial charge >= 0.3 is 6.03 Å². The highest BCUT2D eigenvalue weighted by Gasteiger charge is 2.27. The number of likely N-dealkylation sites (tertiary alicyclic amines) is 1. The van der Waals surface area contributed by atoms with Crippen molar-refractivity contribution >= 4 is 34.4 Å². The number of piperidine rings is 1. The van der Waals surface area contributed by atoms with Crippen molar-refractivity contribution in [3.05, 3.63) is 59.4 Å². The van der Waals surface area contributed by atoms with Gasteiger partial charge in [0.2, 0.25) is 0 Å². The number of fused-ring (bicyclic) bond motifs is 1. The van der Waals surface area contributed by atoms with Gasteiger partial charge in [-0.3, -0.25) is 0 Å². The molecule has 4 rings (SSSR count). The molecule has 5 nitrogen and oxygen atoms in total. The van der Waals surface area contributed by atoms with Crippen molar-refractivity contribution in [1.82, 2.24) is 9.88 Å². The van der Waals surface area contributed by atoms with Crippen LogP contribution in [-0.2, 0) is 0 Å². The molecule has 1 saturated heterocycles. The fourth-order valence-corrected chi connectivity index (χ4v) is 3.26. The van der Waals surface area contributed by atoms with E-state index in [4.69, 9.17) is 16.0 Å². The molecular weight excluding hydrogens is 338 g/mol. The first-order valence-corrected chi connectivity index (χ1v) is 8.74. The van der Waals surface area contributed by atoms with Gasteiger partial charge in [-0.25, -0.2) is 9.78 Å². The molecule has 0 spiro atoms. The first-order valence-electron chi connectivity index (χ1n) is 8.36. The third-order valence-electron chi connectivity index (χ3n) is 4.54. The second kappa shape index (κ2) is 6.76. The molecule has 0 saturated carbocycles. The minimum Gasteiger partial charge on any atom is -0.440 e. The lowest BCUT2D eigenvalue weighted by Gasteiger charge is -2.30. The molecule has 2 heterocycles. The van der Waals surface area contributed by atoms with Crippen LogP contribution in [0.1, 0.15) is 24.7 Å². The average Bonchev–Trinajstić information content (AvgIpc) is 3.08. The number of hydrogen-bond donors (Lipinski definition) is 1. The lowest BCUT2D eigenvalue weighted by molar-refractivity contribution is 0.190. The third kappa shape index (κ3) is 3.46. The summed E-state index contributed by atoms with van der Waals surface area (Å²) in [6, 6.07) is 14.8. The standard InChI is InChI=1S/C19H18ClN3O2/c20-14-5-7-15(8-6-14)21-19(24)23-11-9-13(10-12-23)18-22-16-3-1-2-4-17(16)25-18/h1-8,13H,9-12H2,(H,21,24). The number of nitrogens with zero attached hydrogens (tertiary/aromatic N) is 2. The van der Waals surface area contributed by atoms with Crippen LogP contribution in [0.4, 0.5) is 10.5 Å². The number of carbonyl (C=O) groups is 1. The molecule has 2 aromatic carbocycles. The van der Waals surface area contributed by atoms with Gasteiger partial charge in [0.25, 0.3) is 0 Å². The molecule has 1 aromatic heterocycles. The van der Waals surface area contributed by atoms with E-state index in [2.05, 4.69) is 10.3 Å². The quantitative estimate of drug-likeness (QED) is 0.711. The van der Waals surface area contributed by atoms with Crippen LogP contribution >= 0.6 is 11.6 Å². The normalized spacial score (nSPS) is 15.5. The Kier molecular flexibility index (Phi) is 4.32. The first kappa shape index (κ1) is 16.0. The number of rotatable bonds is 2. The van der Waals surface area contributed by atoms with E-state index in [1.807, 2.05) is 29.2 Å². The highest BCUT2D eigenvalue weighted by atomic mass is 35.5. The maximum atomic E-state index is 12.4. The molecule has 0 atom stereocenters. The zero-order valence-electron chi connectivity index (χ0n) is 13.6. The van der Waals surface area contributed by atoms with Gasteiger partial charge < -0.3 is 14.6 Å². The van der Waals surface area contributed by atoms with Crippen LogP contribution in [0.5, 0.6) is 0 Å². The number of anilines is 1. The summed E-state index contributed by atoms with van der Waals surface area (Å²) in [4.78, 5) is 18.8. The number of urea groups is 1. The molecule has 2 amide bonds. The molecule has 3 aromatic rings. The monoisotopic (exact) mass is 355 g/mol. The van der Waals surface area contributed by atoms with Gasteiger partial charge in [0, 0.05) is 29.7 Å². The van der Waals surface area contributed by atoms with Crippen LogP contribution in [0.15, 0.2) is 52.9 Å². The Hall–Kier alpha value is -2.53. The number of para-hydroxylation sites is 2. The van der Waals surface area contributed by atoms with Gasteiger partial charge in [-0.05, 0) is 49.2 Å². The van der Waals surface area contributed by atoms with Crippen molar-refractivity contribution in [1.29, 1.82) is 0 Å². The van der Waals surface area contributed by atoms with Crippen LogP contribution in [0.2, 0.25) is 5.02 Å². The molecule has 6 heteroatoms. The fourth-order valence-electron chi connectivity index (χ4n) is 3.13. The van der Waals surface area contributed by atoms with Crippen LogP contribution in [-0.4, -0.2) is 29.0 Å². The SMILES string of the molecule is O=C(Nc1ccc(Cl)cc1)N1CCC(c2nc3ccccc3o2)CC1. The second-order valence-corrected chi connectivity index (χ2v) is 6.65. The maximum absolute atomic E-state index is 12.4. The lowest BCUT2D eigenvalue weighted by Crippen LogP contribution is -2.40. The highest BCUT2D eigenvalue weighted by molar-refractivity contribution is 6.30. The van der Waals surface area contributed by atoms with E-state index < -0.39 is 0 Å². The summed E-state index contributed by atoms with van der Waals surface area (Å²) < 4.78 is 5.87. The Morgan fingerprint density at radius 3 is 2.56 bits per heavy atom. The molecule has 0 radical (unpaired) electrons. The van der Waals surface area contributed by atoms with Gasteiger partial charge in [0.05, 0.1) is 0 Å². The molecule has 1 aliphatic rings. The van der Waals surface area contributed by atoms with Crippen LogP contribution in [0.3, 0.4) is 0 Å². The van der Waals surface area contributed by atoms with E-state index in [0.29, 0.717) is 18.1 Å². The van der Waals surface area contributed by atoms with Gasteiger partial charge in [0.15, 0.2) is 11.5 Å². The zero-order valence-corrected chi connectivity index (χ0v) is 14.4. The second-order valence-electron chi connectivity index (χ2n) is 6.22. The van der Waals surface area contributed by atoms with E-state index in [9.17, 15) is 4.79 Å². The Balaban J connectivity index is 1.37. The van der Waals surface area contributed by atoms with E-state index >= 15 is 0 Å². The van der Waals surface area contributed by atoms with Crippen molar-refractivity contribution in [2.24, 2.45) is 0 Å². The molecule has 128 valence electrons. The van der Waals surface area contributed by atoms with Crippen molar-refractivity contribution < 1.29 is 9.21 Å². The molecular formula is C19H18ClN3O2. The Morgan fingerprint density at radius 1 is 1.12 bits per heavy atom. The number of oxazole rings is 1. The maximum Gasteiger partial charge on any atom is 0.321 e. The molecule has 0 aliphatic carbocycles. The van der Waals surface area contributed by atoms with Crippen molar-refractivity contribution in [2.45, 2.75) is 18.8 Å². The summed E-state index contributed by atoms with van der Waals surface area (Å²) in [6.45, 7) is 1.37. The van der Waals surface area contributed by atoms with Crippen LogP contribution in [0, 0.1) is 0 Å². The molecule has 1 N–H and O–H groups in total. The Bertz CT molecular complexity index is 850. The van der Waals surface area contributed by atoms with Crippen LogP contribution in [0.25, 0.3) is 11.1 Å². The highest BCUT2D eigenvalue weighted by Crippen LogP contribution is 2.30. The smallest absolute Gasteiger partial charge is 0.321 e. The average molecular weight is 356 g/mol. The molecule has 1 aliphatic heterocycles. The largest absolute Gasteiger partial charge is 0.440 e. The van der Waals surface area contributed by atoms with Gasteiger partial charge in [-0.2, -0.15) is 0 Å². The fraction of sp³-hybridized carbons (Fsp3) is 0.263. The summed E-state index contributed by atoms with van der Waals surface area (Å²) in [6.07, 6.45) is 1.70. The first-order chi connectivity index (χ1) is 12.2. The predicted octanol–water partition coefficient (Wildman–Crippen LogP) is 4.89. The summed E-state index contributed by atoms with van der Waals surface area (Å²) >= 11 is 5.86. The van der Waals surface area contributed by atoms with Gasteiger partial charge in [0.1, 0.15) is 5.52 Å². The molecule has 25 heavy (non-hydrogen) atoms. The third-order valence-corrected chi connectivity index (χ3v) is 4.79. The molecule has 1 fully saturated rings. The minimum absolute atomic E-state index is 0.0849. The number of hydrogen-bond acceptors (Lipinski definition) is 3. The van der Waals surface area contributed by atoms with Crippen molar-refractivity contribution in [3.63, 3.8) is 0 Å². The van der Waals surface area contributed by atoms with Crippen LogP contribution < -0.4 is 5.32 Å². The topological polar surface area (TPSA) is 58.4 Å². The summed E-state index contributed by atoms with van der Waals surface area (Å²) in [5, 5.41) is 3.55. The molecule has 0 bridgehead atoms. The van der Waals surface area contributed by atoms with E-state index in [1.165, 1.54) is 0 Å². The lowest BCUT2D eigenvalue weighted by atomic mass is 9.97. The van der Waals surface area contributed by atoms with E-state index in [-0.39, 0.29) is 11.9 Å². The Labute approximate surface area is 150 Å². The van der Waals surface area contributed by atoms with Gasteiger partial charge in [-0.15, -0.1) is 0 Å². The van der Waals surface area contributed by atoms with Gasteiger partial charge in [-0.1, -0.05) is 23.7 Å². The summed E-state index contributed by atoms with van der Waals surface area (Å²) in [7, 11) is 0. The van der Waals surface area contributed by atoms with Crippen molar-refractivity contribution in [2.75, 3.05) is 18.4 Å². The summed E-state index contributed by atoms with van der Waals surface area (Å²) in [5.41, 5.74) is 2.45. The minimum atomic E-state index is -0.0849. The zero-order chi connectivity index (χ0) is 17.2. The molecule has 0 unspecified atom stereocenters. The summed E-state index contributed by atoms with van der Waals surface area (Å²) in [5.74, 6) is 1.03. The number of halogens is 1. The van der Waals surface area contributed by atoms with Crippen molar-refractivity contribution in [3.8, 4) is 0 Å². The number of carbonyl (C=O) groups excluding carboxylic acids is 1. The predicted molar refractivity (Wildman–Crippen MR) is 98.0 cm³/mol. The number of amides is 2. The Morgan fingerprint density at radius 2 is 1.84 bits per heavy atom.